The molecule has 1 N–H and O–H groups in total. The van der Waals surface area contributed by atoms with Crippen molar-refractivity contribution in [3.8, 4) is 0 Å². The van der Waals surface area contributed by atoms with Gasteiger partial charge in [0, 0.05) is 25.2 Å². The van der Waals surface area contributed by atoms with Crippen LogP contribution in [0.5, 0.6) is 0 Å². The molecule has 0 saturated carbocycles. The molecule has 2 heterocycles. The highest BCUT2D eigenvalue weighted by molar-refractivity contribution is 5.74. The Kier molecular flexibility index (Phi) is 5.30. The van der Waals surface area contributed by atoms with Crippen LogP contribution in [0.2, 0.25) is 0 Å². The largest absolute Gasteiger partial charge is 0.336 e. The van der Waals surface area contributed by atoms with Gasteiger partial charge in [0.05, 0.1) is 0 Å². The molecule has 0 spiro atoms. The number of carbonyl (C=O) groups excluding carboxylic acids is 1. The molecule has 0 aromatic carbocycles. The minimum absolute atomic E-state index is 0.0686. The van der Waals surface area contributed by atoms with E-state index in [2.05, 4.69) is 31.0 Å². The van der Waals surface area contributed by atoms with Crippen LogP contribution in [0.15, 0.2) is 0 Å². The molecule has 0 bridgehead atoms. The molecule has 0 aliphatic carbocycles. The van der Waals surface area contributed by atoms with Crippen LogP contribution < -0.4 is 5.32 Å². The lowest BCUT2D eigenvalue weighted by Crippen LogP contribution is -2.55. The Morgan fingerprint density at radius 1 is 1.10 bits per heavy atom. The number of hydrogen-bond donors (Lipinski definition) is 1. The van der Waals surface area contributed by atoms with E-state index in [9.17, 15) is 4.79 Å². The maximum Gasteiger partial charge on any atom is 0.317 e. The molecule has 4 nitrogen and oxygen atoms in total. The lowest BCUT2D eigenvalue weighted by molar-refractivity contribution is 0.0928. The summed E-state index contributed by atoms with van der Waals surface area (Å²) in [4.78, 5) is 16.7. The number of nitrogens with one attached hydrogen (secondary N) is 1. The van der Waals surface area contributed by atoms with Crippen LogP contribution in [0.4, 0.5) is 4.79 Å². The van der Waals surface area contributed by atoms with Crippen LogP contribution in [-0.4, -0.2) is 54.1 Å². The molecule has 0 aromatic rings. The molecule has 2 fully saturated rings. The van der Waals surface area contributed by atoms with Gasteiger partial charge in [-0.2, -0.15) is 0 Å². The van der Waals surface area contributed by atoms with Crippen molar-refractivity contribution in [1.82, 2.24) is 15.1 Å². The Hall–Kier alpha value is -0.770. The Morgan fingerprint density at radius 2 is 1.70 bits per heavy atom. The first-order chi connectivity index (χ1) is 9.49. The van der Waals surface area contributed by atoms with Gasteiger partial charge in [-0.1, -0.05) is 13.3 Å². The van der Waals surface area contributed by atoms with E-state index in [4.69, 9.17) is 0 Å². The molecule has 0 atom stereocenters. The SMILES string of the molecule is CC1CCN(C(=O)NCC(C)(C)N2CCCCC2)CC1. The zero-order chi connectivity index (χ0) is 14.6. The Balaban J connectivity index is 1.76. The van der Waals surface area contributed by atoms with Crippen LogP contribution in [0.3, 0.4) is 0 Å². The van der Waals surface area contributed by atoms with E-state index in [-0.39, 0.29) is 11.6 Å². The van der Waals surface area contributed by atoms with Crippen molar-refractivity contribution in [3.63, 3.8) is 0 Å². The number of hydrogen-bond acceptors (Lipinski definition) is 2. The highest BCUT2D eigenvalue weighted by atomic mass is 16.2. The first-order valence-corrected chi connectivity index (χ1v) is 8.27. The summed E-state index contributed by atoms with van der Waals surface area (Å²) in [5.74, 6) is 0.767. The van der Waals surface area contributed by atoms with E-state index < -0.39 is 0 Å². The number of piperidine rings is 2. The summed E-state index contributed by atoms with van der Waals surface area (Å²) in [7, 11) is 0. The molecule has 4 heteroatoms. The quantitative estimate of drug-likeness (QED) is 0.863. The molecular weight excluding hydrogens is 250 g/mol. The zero-order valence-corrected chi connectivity index (χ0v) is 13.5. The maximum atomic E-state index is 12.2. The Morgan fingerprint density at radius 3 is 2.30 bits per heavy atom. The van der Waals surface area contributed by atoms with Crippen molar-refractivity contribution >= 4 is 6.03 Å². The minimum Gasteiger partial charge on any atom is -0.336 e. The molecule has 2 aliphatic rings. The smallest absolute Gasteiger partial charge is 0.317 e. The fourth-order valence-electron chi connectivity index (χ4n) is 3.23. The fraction of sp³-hybridized carbons (Fsp3) is 0.938. The van der Waals surface area contributed by atoms with Crippen LogP contribution in [0.1, 0.15) is 52.9 Å². The zero-order valence-electron chi connectivity index (χ0n) is 13.5. The summed E-state index contributed by atoms with van der Waals surface area (Å²) in [5, 5.41) is 3.15. The van der Waals surface area contributed by atoms with Gasteiger partial charge in [0.25, 0.3) is 0 Å². The standard InChI is InChI=1S/C16H31N3O/c1-14-7-11-18(12-8-14)15(20)17-13-16(2,3)19-9-5-4-6-10-19/h14H,4-13H2,1-3H3,(H,17,20). The van der Waals surface area contributed by atoms with Crippen molar-refractivity contribution in [3.05, 3.63) is 0 Å². The lowest BCUT2D eigenvalue weighted by atomic mass is 9.98. The third kappa shape index (κ3) is 4.11. The molecule has 0 aromatic heterocycles. The van der Waals surface area contributed by atoms with Crippen molar-refractivity contribution in [2.24, 2.45) is 5.92 Å². The number of amides is 2. The van der Waals surface area contributed by atoms with Gasteiger partial charge in [-0.05, 0) is 58.5 Å². The second-order valence-corrected chi connectivity index (χ2v) is 7.19. The lowest BCUT2D eigenvalue weighted by Gasteiger charge is -2.41. The first kappa shape index (κ1) is 15.6. The summed E-state index contributed by atoms with van der Waals surface area (Å²) in [6.07, 6.45) is 6.22. The van der Waals surface area contributed by atoms with Gasteiger partial charge < -0.3 is 10.2 Å². The number of carbonyl (C=O) groups is 1. The second kappa shape index (κ2) is 6.79. The van der Waals surface area contributed by atoms with Crippen LogP contribution >= 0.6 is 0 Å². The summed E-state index contributed by atoms with van der Waals surface area (Å²) in [6.45, 7) is 11.7. The number of likely N-dealkylation sites (tertiary alicyclic amines) is 2. The van der Waals surface area contributed by atoms with E-state index in [0.717, 1.165) is 38.4 Å². The van der Waals surface area contributed by atoms with E-state index >= 15 is 0 Å². The van der Waals surface area contributed by atoms with Crippen LogP contribution in [-0.2, 0) is 0 Å². The summed E-state index contributed by atoms with van der Waals surface area (Å²) in [6, 6.07) is 0.127. The maximum absolute atomic E-state index is 12.2. The molecular formula is C16H31N3O. The Bertz CT molecular complexity index is 316. The summed E-state index contributed by atoms with van der Waals surface area (Å²) >= 11 is 0. The van der Waals surface area contributed by atoms with Crippen LogP contribution in [0.25, 0.3) is 0 Å². The van der Waals surface area contributed by atoms with Crippen molar-refractivity contribution in [2.75, 3.05) is 32.7 Å². The first-order valence-electron chi connectivity index (χ1n) is 8.27. The van der Waals surface area contributed by atoms with Gasteiger partial charge in [-0.25, -0.2) is 4.79 Å². The average molecular weight is 281 g/mol. The van der Waals surface area contributed by atoms with Crippen molar-refractivity contribution < 1.29 is 4.79 Å². The monoisotopic (exact) mass is 281 g/mol. The predicted molar refractivity (Wildman–Crippen MR) is 82.9 cm³/mol. The normalized spacial score (nSPS) is 22.9. The van der Waals surface area contributed by atoms with E-state index in [0.29, 0.717) is 0 Å². The Labute approximate surface area is 123 Å². The van der Waals surface area contributed by atoms with Crippen molar-refractivity contribution in [2.45, 2.75) is 58.4 Å². The third-order valence-corrected chi connectivity index (χ3v) is 4.96. The van der Waals surface area contributed by atoms with Crippen LogP contribution in [0, 0.1) is 5.92 Å². The summed E-state index contributed by atoms with van der Waals surface area (Å²) < 4.78 is 0. The topological polar surface area (TPSA) is 35.6 Å². The van der Waals surface area contributed by atoms with Gasteiger partial charge >= 0.3 is 6.03 Å². The summed E-state index contributed by atoms with van der Waals surface area (Å²) in [5.41, 5.74) is 0.0686. The van der Waals surface area contributed by atoms with Gasteiger partial charge in [0.2, 0.25) is 0 Å². The molecule has 2 aliphatic heterocycles. The van der Waals surface area contributed by atoms with E-state index in [1.54, 1.807) is 0 Å². The molecule has 0 unspecified atom stereocenters. The van der Waals surface area contributed by atoms with E-state index in [1.807, 2.05) is 4.90 Å². The highest BCUT2D eigenvalue weighted by Crippen LogP contribution is 2.20. The molecule has 20 heavy (non-hydrogen) atoms. The molecule has 2 amide bonds. The molecule has 116 valence electrons. The average Bonchev–Trinajstić information content (AvgIpc) is 2.46. The number of urea groups is 1. The van der Waals surface area contributed by atoms with Gasteiger partial charge in [0.15, 0.2) is 0 Å². The fourth-order valence-corrected chi connectivity index (χ4v) is 3.23. The van der Waals surface area contributed by atoms with Gasteiger partial charge in [-0.3, -0.25) is 4.90 Å². The van der Waals surface area contributed by atoms with E-state index in [1.165, 1.54) is 32.4 Å². The third-order valence-electron chi connectivity index (χ3n) is 4.96. The highest BCUT2D eigenvalue weighted by Gasteiger charge is 2.29. The van der Waals surface area contributed by atoms with Gasteiger partial charge in [0.1, 0.15) is 0 Å². The molecule has 2 rings (SSSR count). The predicted octanol–water partition coefficient (Wildman–Crippen LogP) is 2.69. The number of nitrogens with zero attached hydrogens (tertiary/aromatic N) is 2. The van der Waals surface area contributed by atoms with Crippen molar-refractivity contribution in [1.29, 1.82) is 0 Å². The second-order valence-electron chi connectivity index (χ2n) is 7.19. The van der Waals surface area contributed by atoms with Gasteiger partial charge in [-0.15, -0.1) is 0 Å². The molecule has 2 saturated heterocycles. The number of rotatable bonds is 3. The molecule has 0 radical (unpaired) electrons. The minimum atomic E-state index is 0.0686.